The van der Waals surface area contributed by atoms with Crippen LogP contribution in [-0.2, 0) is 4.79 Å². The van der Waals surface area contributed by atoms with Crippen molar-refractivity contribution >= 4 is 36.0 Å². The summed E-state index contributed by atoms with van der Waals surface area (Å²) in [6, 6.07) is 7.04. The average molecular weight is 315 g/mol. The molecule has 20 heavy (non-hydrogen) atoms. The van der Waals surface area contributed by atoms with Crippen LogP contribution in [0.5, 0.6) is 0 Å². The van der Waals surface area contributed by atoms with Crippen LogP contribution in [-0.4, -0.2) is 30.8 Å². The normalized spacial score (nSPS) is 11.0. The van der Waals surface area contributed by atoms with E-state index >= 15 is 0 Å². The molecule has 0 aromatic heterocycles. The maximum Gasteiger partial charge on any atom is 0.252 e. The summed E-state index contributed by atoms with van der Waals surface area (Å²) < 4.78 is 0. The number of nitrogens with one attached hydrogen (secondary N) is 2. The lowest BCUT2D eigenvalue weighted by molar-refractivity contribution is -0.128. The Bertz CT molecular complexity index is 492. The number of alkyl halides is 1. The monoisotopic (exact) mass is 314 g/mol. The van der Waals surface area contributed by atoms with Crippen molar-refractivity contribution in [3.05, 3.63) is 29.8 Å². The molecule has 0 spiro atoms. The molecule has 0 saturated heterocycles. The number of hydrogen-bond donors (Lipinski definition) is 3. The van der Waals surface area contributed by atoms with Crippen molar-refractivity contribution in [2.45, 2.75) is 18.7 Å². The molecule has 2 amide bonds. The van der Waals surface area contributed by atoms with E-state index in [9.17, 15) is 9.59 Å². The molecule has 0 aliphatic carbocycles. The van der Waals surface area contributed by atoms with Gasteiger partial charge in [-0.2, -0.15) is 0 Å². The van der Waals surface area contributed by atoms with Crippen LogP contribution >= 0.6 is 24.2 Å². The Morgan fingerprint density at radius 3 is 2.40 bits per heavy atom. The highest BCUT2D eigenvalue weighted by molar-refractivity contribution is 7.80. The second kappa shape index (κ2) is 7.55. The van der Waals surface area contributed by atoms with Gasteiger partial charge in [-0.25, -0.2) is 0 Å². The summed E-state index contributed by atoms with van der Waals surface area (Å²) in [5.74, 6) is -0.0871. The Labute approximate surface area is 129 Å². The Morgan fingerprint density at radius 1 is 1.20 bits per heavy atom. The summed E-state index contributed by atoms with van der Waals surface area (Å²) in [5.41, 5.74) is -0.0910. The van der Waals surface area contributed by atoms with Gasteiger partial charge in [-0.1, -0.05) is 12.1 Å². The number of rotatable bonds is 6. The minimum atomic E-state index is -0.608. The predicted molar refractivity (Wildman–Crippen MR) is 83.5 cm³/mol. The third kappa shape index (κ3) is 4.72. The van der Waals surface area contributed by atoms with Crippen LogP contribution in [0.4, 0.5) is 0 Å². The molecule has 0 bridgehead atoms. The fourth-order valence-corrected chi connectivity index (χ4v) is 1.80. The smallest absolute Gasteiger partial charge is 0.252 e. The highest BCUT2D eigenvalue weighted by Crippen LogP contribution is 2.16. The van der Waals surface area contributed by atoms with Crippen LogP contribution in [0.1, 0.15) is 24.2 Å². The van der Waals surface area contributed by atoms with E-state index in [2.05, 4.69) is 23.3 Å². The molecule has 1 aromatic carbocycles. The standard InChI is InChI=1S/C14H19ClN2O2S/c1-14(2,9-15)13(19)17-8-7-16-12(18)10-5-3-4-6-11(10)20/h3-6,20H,7-9H2,1-2H3,(H,16,18)(H,17,19). The second-order valence-corrected chi connectivity index (χ2v) is 5.80. The molecule has 0 radical (unpaired) electrons. The minimum absolute atomic E-state index is 0.128. The zero-order valence-corrected chi connectivity index (χ0v) is 13.2. The van der Waals surface area contributed by atoms with Gasteiger partial charge in [0.25, 0.3) is 5.91 Å². The van der Waals surface area contributed by atoms with Crippen molar-refractivity contribution in [3.63, 3.8) is 0 Å². The molecule has 110 valence electrons. The number of thiol groups is 1. The van der Waals surface area contributed by atoms with Gasteiger partial charge in [0.2, 0.25) is 5.91 Å². The predicted octanol–water partition coefficient (Wildman–Crippen LogP) is 2.09. The van der Waals surface area contributed by atoms with E-state index in [0.717, 1.165) is 0 Å². The summed E-state index contributed by atoms with van der Waals surface area (Å²) >= 11 is 9.93. The fourth-order valence-electron chi connectivity index (χ4n) is 1.41. The molecular weight excluding hydrogens is 296 g/mol. The maximum atomic E-state index is 11.9. The SMILES string of the molecule is CC(C)(CCl)C(=O)NCCNC(=O)c1ccccc1S. The lowest BCUT2D eigenvalue weighted by Crippen LogP contribution is -2.42. The molecule has 1 aromatic rings. The summed E-state index contributed by atoms with van der Waals surface area (Å²) in [7, 11) is 0. The molecular formula is C14H19ClN2O2S. The van der Waals surface area contributed by atoms with E-state index in [0.29, 0.717) is 23.5 Å². The van der Waals surface area contributed by atoms with E-state index in [1.54, 1.807) is 32.0 Å². The van der Waals surface area contributed by atoms with Crippen molar-refractivity contribution in [2.75, 3.05) is 19.0 Å². The molecule has 4 nitrogen and oxygen atoms in total. The van der Waals surface area contributed by atoms with Crippen molar-refractivity contribution in [2.24, 2.45) is 5.41 Å². The van der Waals surface area contributed by atoms with Gasteiger partial charge in [0, 0.05) is 23.9 Å². The van der Waals surface area contributed by atoms with Gasteiger partial charge >= 0.3 is 0 Å². The van der Waals surface area contributed by atoms with E-state index in [1.165, 1.54) is 0 Å². The third-order valence-electron chi connectivity index (χ3n) is 2.79. The maximum absolute atomic E-state index is 11.9. The Kier molecular flexibility index (Phi) is 6.36. The summed E-state index contributed by atoms with van der Waals surface area (Å²) in [4.78, 5) is 24.2. The molecule has 0 saturated carbocycles. The topological polar surface area (TPSA) is 58.2 Å². The molecule has 6 heteroatoms. The fraction of sp³-hybridized carbons (Fsp3) is 0.429. The number of halogens is 1. The van der Waals surface area contributed by atoms with Gasteiger partial charge in [-0.3, -0.25) is 9.59 Å². The number of hydrogen-bond acceptors (Lipinski definition) is 3. The van der Waals surface area contributed by atoms with Crippen molar-refractivity contribution in [1.82, 2.24) is 10.6 Å². The Morgan fingerprint density at radius 2 is 1.80 bits per heavy atom. The Hall–Kier alpha value is -1.20. The zero-order valence-electron chi connectivity index (χ0n) is 11.6. The summed E-state index contributed by atoms with van der Waals surface area (Å²) in [6.45, 7) is 4.25. The first-order valence-corrected chi connectivity index (χ1v) is 7.27. The van der Waals surface area contributed by atoms with Gasteiger partial charge in [-0.05, 0) is 26.0 Å². The number of carbonyl (C=O) groups is 2. The molecule has 0 aliphatic heterocycles. The second-order valence-electron chi connectivity index (χ2n) is 5.05. The van der Waals surface area contributed by atoms with Gasteiger partial charge in [0.15, 0.2) is 0 Å². The molecule has 0 unspecified atom stereocenters. The van der Waals surface area contributed by atoms with E-state index in [-0.39, 0.29) is 17.7 Å². The van der Waals surface area contributed by atoms with Gasteiger partial charge in [0.1, 0.15) is 0 Å². The average Bonchev–Trinajstić information content (AvgIpc) is 2.43. The largest absolute Gasteiger partial charge is 0.354 e. The van der Waals surface area contributed by atoms with Gasteiger partial charge in [-0.15, -0.1) is 24.2 Å². The first-order chi connectivity index (χ1) is 9.38. The van der Waals surface area contributed by atoms with Gasteiger partial charge in [0.05, 0.1) is 11.0 Å². The molecule has 0 aliphatic rings. The van der Waals surface area contributed by atoms with Crippen LogP contribution in [0, 0.1) is 5.41 Å². The quantitative estimate of drug-likeness (QED) is 0.428. The van der Waals surface area contributed by atoms with Crippen molar-refractivity contribution in [3.8, 4) is 0 Å². The Balaban J connectivity index is 2.37. The van der Waals surface area contributed by atoms with Crippen LogP contribution in [0.2, 0.25) is 0 Å². The third-order valence-corrected chi connectivity index (χ3v) is 3.85. The van der Waals surface area contributed by atoms with E-state index in [1.807, 2.05) is 6.07 Å². The molecule has 0 heterocycles. The first-order valence-electron chi connectivity index (χ1n) is 6.29. The molecule has 0 fully saturated rings. The minimum Gasteiger partial charge on any atom is -0.354 e. The lowest BCUT2D eigenvalue weighted by Gasteiger charge is -2.20. The van der Waals surface area contributed by atoms with Crippen molar-refractivity contribution < 1.29 is 9.59 Å². The van der Waals surface area contributed by atoms with Crippen molar-refractivity contribution in [1.29, 1.82) is 0 Å². The zero-order chi connectivity index (χ0) is 15.2. The lowest BCUT2D eigenvalue weighted by atomic mass is 9.95. The summed E-state index contributed by atoms with van der Waals surface area (Å²) in [6.07, 6.45) is 0. The molecule has 1 rings (SSSR count). The highest BCUT2D eigenvalue weighted by Gasteiger charge is 2.25. The van der Waals surface area contributed by atoms with Gasteiger partial charge < -0.3 is 10.6 Å². The van der Waals surface area contributed by atoms with Crippen LogP contribution in [0.3, 0.4) is 0 Å². The highest BCUT2D eigenvalue weighted by atomic mass is 35.5. The number of benzene rings is 1. The van der Waals surface area contributed by atoms with Crippen LogP contribution < -0.4 is 10.6 Å². The van der Waals surface area contributed by atoms with E-state index < -0.39 is 5.41 Å². The number of amides is 2. The van der Waals surface area contributed by atoms with Crippen LogP contribution in [0.25, 0.3) is 0 Å². The molecule has 2 N–H and O–H groups in total. The van der Waals surface area contributed by atoms with Crippen LogP contribution in [0.15, 0.2) is 29.2 Å². The number of carbonyl (C=O) groups excluding carboxylic acids is 2. The van der Waals surface area contributed by atoms with E-state index in [4.69, 9.17) is 11.6 Å². The molecule has 0 atom stereocenters. The first kappa shape index (κ1) is 16.9. The summed E-state index contributed by atoms with van der Waals surface area (Å²) in [5, 5.41) is 5.47.